The van der Waals surface area contributed by atoms with Gasteiger partial charge < -0.3 is 20.7 Å². The number of halogens is 2. The average Bonchev–Trinajstić information content (AvgIpc) is 2.68. The van der Waals surface area contributed by atoms with Crippen LogP contribution in [0.4, 0.5) is 25.3 Å². The molecule has 1 aromatic heterocycles. The van der Waals surface area contributed by atoms with Gasteiger partial charge in [-0.1, -0.05) is 6.07 Å². The van der Waals surface area contributed by atoms with E-state index in [0.717, 1.165) is 18.3 Å². The predicted molar refractivity (Wildman–Crippen MR) is 101 cm³/mol. The summed E-state index contributed by atoms with van der Waals surface area (Å²) in [4.78, 5) is 33.9. The van der Waals surface area contributed by atoms with Crippen LogP contribution in [-0.4, -0.2) is 52.5 Å². The van der Waals surface area contributed by atoms with Gasteiger partial charge in [-0.2, -0.15) is 4.98 Å². The first-order chi connectivity index (χ1) is 13.9. The van der Waals surface area contributed by atoms with Crippen molar-refractivity contribution in [3.63, 3.8) is 0 Å². The number of hydrogen-bond donors (Lipinski definition) is 2. The second-order valence-electron chi connectivity index (χ2n) is 6.52. The van der Waals surface area contributed by atoms with Gasteiger partial charge in [-0.3, -0.25) is 4.79 Å². The van der Waals surface area contributed by atoms with Crippen molar-refractivity contribution < 1.29 is 23.1 Å². The van der Waals surface area contributed by atoms with Gasteiger partial charge in [0.25, 0.3) is 0 Å². The standard InChI is InChI=1S/C19H21F2N5O3/c1-2-29-19(28)26-8-6-11(7-9-26)24-18-23-10-12(17(22)25-18)16(27)15-13(20)4-3-5-14(15)21/h3-5,10-11H,2,6-9H2,1H3,(H3,22,23,24,25). The highest BCUT2D eigenvalue weighted by Gasteiger charge is 2.25. The van der Waals surface area contributed by atoms with Gasteiger partial charge in [0.1, 0.15) is 17.5 Å². The third kappa shape index (κ3) is 4.58. The van der Waals surface area contributed by atoms with Gasteiger partial charge in [0.15, 0.2) is 0 Å². The quantitative estimate of drug-likeness (QED) is 0.736. The number of rotatable bonds is 5. The molecule has 29 heavy (non-hydrogen) atoms. The molecular weight excluding hydrogens is 384 g/mol. The molecule has 0 aliphatic carbocycles. The molecule has 3 rings (SSSR count). The molecule has 8 nitrogen and oxygen atoms in total. The van der Waals surface area contributed by atoms with E-state index in [1.807, 2.05) is 0 Å². The minimum absolute atomic E-state index is 0.00522. The number of nitrogens with two attached hydrogens (primary N) is 1. The first-order valence-corrected chi connectivity index (χ1v) is 9.20. The zero-order chi connectivity index (χ0) is 21.0. The number of likely N-dealkylation sites (tertiary alicyclic amines) is 1. The van der Waals surface area contributed by atoms with E-state index in [-0.39, 0.29) is 29.5 Å². The number of piperidine rings is 1. The number of nitrogen functional groups attached to an aromatic ring is 1. The molecule has 0 bridgehead atoms. The Labute approximate surface area is 166 Å². The van der Waals surface area contributed by atoms with E-state index >= 15 is 0 Å². The fraction of sp³-hybridized carbons (Fsp3) is 0.368. The van der Waals surface area contributed by atoms with Crippen molar-refractivity contribution in [2.75, 3.05) is 30.7 Å². The van der Waals surface area contributed by atoms with E-state index in [1.165, 1.54) is 6.07 Å². The number of hydrogen-bond acceptors (Lipinski definition) is 7. The minimum Gasteiger partial charge on any atom is -0.450 e. The van der Waals surface area contributed by atoms with Crippen LogP contribution in [0.5, 0.6) is 0 Å². The Morgan fingerprint density at radius 3 is 2.52 bits per heavy atom. The summed E-state index contributed by atoms with van der Waals surface area (Å²) in [7, 11) is 0. The number of ketones is 1. The summed E-state index contributed by atoms with van der Waals surface area (Å²) in [5, 5.41) is 3.10. The van der Waals surface area contributed by atoms with Crippen molar-refractivity contribution in [3.8, 4) is 0 Å². The fourth-order valence-corrected chi connectivity index (χ4v) is 3.09. The van der Waals surface area contributed by atoms with Gasteiger partial charge in [-0.05, 0) is 31.9 Å². The Morgan fingerprint density at radius 2 is 1.93 bits per heavy atom. The van der Waals surface area contributed by atoms with Gasteiger partial charge in [-0.15, -0.1) is 0 Å². The lowest BCUT2D eigenvalue weighted by molar-refractivity contribution is 0.0982. The lowest BCUT2D eigenvalue weighted by Crippen LogP contribution is -2.42. The van der Waals surface area contributed by atoms with Crippen LogP contribution in [0.25, 0.3) is 0 Å². The zero-order valence-corrected chi connectivity index (χ0v) is 15.8. The summed E-state index contributed by atoms with van der Waals surface area (Å²) in [5.41, 5.74) is 4.95. The average molecular weight is 405 g/mol. The van der Waals surface area contributed by atoms with Crippen LogP contribution in [-0.2, 0) is 4.74 Å². The molecule has 0 saturated carbocycles. The lowest BCUT2D eigenvalue weighted by Gasteiger charge is -2.31. The molecule has 10 heteroatoms. The second kappa shape index (κ2) is 8.80. The highest BCUT2D eigenvalue weighted by Crippen LogP contribution is 2.21. The lowest BCUT2D eigenvalue weighted by atomic mass is 10.0. The number of anilines is 2. The molecule has 1 saturated heterocycles. The van der Waals surface area contributed by atoms with Crippen molar-refractivity contribution in [2.45, 2.75) is 25.8 Å². The maximum atomic E-state index is 13.9. The number of nitrogens with one attached hydrogen (secondary N) is 1. The molecule has 2 aromatic rings. The van der Waals surface area contributed by atoms with Crippen molar-refractivity contribution in [3.05, 3.63) is 47.2 Å². The van der Waals surface area contributed by atoms with Crippen molar-refractivity contribution >= 4 is 23.6 Å². The second-order valence-corrected chi connectivity index (χ2v) is 6.52. The molecule has 0 unspecified atom stereocenters. The maximum absolute atomic E-state index is 13.9. The summed E-state index contributed by atoms with van der Waals surface area (Å²) in [5.74, 6) is -2.87. The van der Waals surface area contributed by atoms with Crippen LogP contribution < -0.4 is 11.1 Å². The number of ether oxygens (including phenoxy) is 1. The number of nitrogens with zero attached hydrogens (tertiary/aromatic N) is 3. The number of carbonyl (C=O) groups is 2. The van der Waals surface area contributed by atoms with E-state index < -0.39 is 23.0 Å². The Morgan fingerprint density at radius 1 is 1.28 bits per heavy atom. The Bertz CT molecular complexity index is 896. The Balaban J connectivity index is 1.66. The molecule has 1 aliphatic rings. The SMILES string of the molecule is CCOC(=O)N1CCC(Nc2ncc(C(=O)c3c(F)cccc3F)c(N)n2)CC1. The van der Waals surface area contributed by atoms with Crippen LogP contribution in [0.3, 0.4) is 0 Å². The molecule has 1 aromatic carbocycles. The molecule has 1 fully saturated rings. The smallest absolute Gasteiger partial charge is 0.409 e. The topological polar surface area (TPSA) is 110 Å². The number of carbonyl (C=O) groups excluding carboxylic acids is 2. The molecule has 0 radical (unpaired) electrons. The normalized spacial score (nSPS) is 14.5. The molecule has 3 N–H and O–H groups in total. The van der Waals surface area contributed by atoms with Gasteiger partial charge in [0, 0.05) is 25.3 Å². The minimum atomic E-state index is -0.982. The monoisotopic (exact) mass is 405 g/mol. The molecule has 1 aliphatic heterocycles. The summed E-state index contributed by atoms with van der Waals surface area (Å²) >= 11 is 0. The van der Waals surface area contributed by atoms with E-state index in [1.54, 1.807) is 11.8 Å². The summed E-state index contributed by atoms with van der Waals surface area (Å²) in [6.07, 6.45) is 2.12. The van der Waals surface area contributed by atoms with E-state index in [2.05, 4.69) is 15.3 Å². The molecule has 154 valence electrons. The molecule has 1 amide bonds. The van der Waals surface area contributed by atoms with E-state index in [0.29, 0.717) is 32.5 Å². The first-order valence-electron chi connectivity index (χ1n) is 9.20. The summed E-state index contributed by atoms with van der Waals surface area (Å²) in [6, 6.07) is 3.16. The van der Waals surface area contributed by atoms with Crippen molar-refractivity contribution in [1.29, 1.82) is 0 Å². The number of amides is 1. The van der Waals surface area contributed by atoms with Gasteiger partial charge in [0.2, 0.25) is 11.7 Å². The molecule has 0 atom stereocenters. The highest BCUT2D eigenvalue weighted by atomic mass is 19.1. The first kappa shape index (κ1) is 20.4. The van der Waals surface area contributed by atoms with Crippen LogP contribution in [0.15, 0.2) is 24.4 Å². The van der Waals surface area contributed by atoms with Gasteiger partial charge in [-0.25, -0.2) is 18.6 Å². The van der Waals surface area contributed by atoms with Gasteiger partial charge in [0.05, 0.1) is 17.7 Å². The van der Waals surface area contributed by atoms with E-state index in [9.17, 15) is 18.4 Å². The highest BCUT2D eigenvalue weighted by molar-refractivity contribution is 6.11. The van der Waals surface area contributed by atoms with Crippen LogP contribution >= 0.6 is 0 Å². The van der Waals surface area contributed by atoms with Crippen LogP contribution in [0.2, 0.25) is 0 Å². The van der Waals surface area contributed by atoms with Crippen LogP contribution in [0.1, 0.15) is 35.7 Å². The summed E-state index contributed by atoms with van der Waals surface area (Å²) in [6.45, 7) is 3.12. The maximum Gasteiger partial charge on any atom is 0.409 e. The fourth-order valence-electron chi connectivity index (χ4n) is 3.09. The number of aromatic nitrogens is 2. The van der Waals surface area contributed by atoms with Gasteiger partial charge >= 0.3 is 6.09 Å². The Hall–Kier alpha value is -3.30. The predicted octanol–water partition coefficient (Wildman–Crippen LogP) is 2.60. The van der Waals surface area contributed by atoms with Crippen molar-refractivity contribution in [1.82, 2.24) is 14.9 Å². The molecule has 0 spiro atoms. The van der Waals surface area contributed by atoms with Crippen LogP contribution in [0, 0.1) is 11.6 Å². The third-order valence-corrected chi connectivity index (χ3v) is 4.61. The zero-order valence-electron chi connectivity index (χ0n) is 15.8. The largest absolute Gasteiger partial charge is 0.450 e. The Kier molecular flexibility index (Phi) is 6.20. The molecular formula is C19H21F2N5O3. The van der Waals surface area contributed by atoms with E-state index in [4.69, 9.17) is 10.5 Å². The third-order valence-electron chi connectivity index (χ3n) is 4.61. The van der Waals surface area contributed by atoms with Crippen molar-refractivity contribution in [2.24, 2.45) is 0 Å². The number of benzene rings is 1. The molecule has 2 heterocycles. The summed E-state index contributed by atoms with van der Waals surface area (Å²) < 4.78 is 32.7.